The number of hydrogen-bond acceptors (Lipinski definition) is 3. The number of nitrogens with zero attached hydrogens (tertiary/aromatic N) is 1. The number of hydrogen-bond donors (Lipinski definition) is 1. The van der Waals surface area contributed by atoms with Gasteiger partial charge < -0.3 is 10.6 Å². The lowest BCUT2D eigenvalue weighted by Gasteiger charge is -2.37. The van der Waals surface area contributed by atoms with Gasteiger partial charge >= 0.3 is 12.4 Å². The average molecular weight is 478 g/mol. The predicted octanol–water partition coefficient (Wildman–Crippen LogP) is 4.98. The molecule has 1 aromatic carbocycles. The number of carbonyl (C=O) groups is 2. The first-order chi connectivity index (χ1) is 15.3. The summed E-state index contributed by atoms with van der Waals surface area (Å²) in [5, 5.41) is 0. The molecule has 2 fully saturated rings. The Morgan fingerprint density at radius 2 is 1.42 bits per heavy atom. The minimum Gasteiger partial charge on any atom is -0.342 e. The van der Waals surface area contributed by atoms with Crippen LogP contribution < -0.4 is 5.73 Å². The second-order valence-electron chi connectivity index (χ2n) is 9.16. The van der Waals surface area contributed by atoms with E-state index in [2.05, 4.69) is 0 Å². The zero-order valence-corrected chi connectivity index (χ0v) is 18.1. The summed E-state index contributed by atoms with van der Waals surface area (Å²) >= 11 is 0. The molecule has 184 valence electrons. The fourth-order valence-corrected chi connectivity index (χ4v) is 4.80. The van der Waals surface area contributed by atoms with Gasteiger partial charge in [0.15, 0.2) is 0 Å². The van der Waals surface area contributed by atoms with Crippen LogP contribution in [0, 0.1) is 11.8 Å². The number of rotatable bonds is 5. The lowest BCUT2D eigenvalue weighted by atomic mass is 9.83. The number of alkyl halides is 6. The van der Waals surface area contributed by atoms with Crippen LogP contribution in [0.15, 0.2) is 18.2 Å². The van der Waals surface area contributed by atoms with Crippen molar-refractivity contribution in [2.75, 3.05) is 13.1 Å². The van der Waals surface area contributed by atoms with E-state index in [0.29, 0.717) is 38.1 Å². The van der Waals surface area contributed by atoms with E-state index in [9.17, 15) is 35.9 Å². The Bertz CT molecular complexity index is 827. The normalized spacial score (nSPS) is 22.9. The van der Waals surface area contributed by atoms with Crippen LogP contribution in [0.4, 0.5) is 26.3 Å². The molecule has 0 bridgehead atoms. The number of piperidine rings is 1. The molecule has 0 unspecified atom stereocenters. The Morgan fingerprint density at radius 3 is 1.94 bits per heavy atom. The van der Waals surface area contributed by atoms with Crippen molar-refractivity contribution in [2.24, 2.45) is 17.6 Å². The summed E-state index contributed by atoms with van der Waals surface area (Å²) in [5.74, 6) is -0.618. The summed E-state index contributed by atoms with van der Waals surface area (Å²) in [4.78, 5) is 27.0. The van der Waals surface area contributed by atoms with E-state index in [1.807, 2.05) is 0 Å². The number of halogens is 6. The van der Waals surface area contributed by atoms with Crippen molar-refractivity contribution in [1.29, 1.82) is 0 Å². The first-order valence-corrected chi connectivity index (χ1v) is 11.2. The topological polar surface area (TPSA) is 63.4 Å². The molecule has 1 amide bonds. The third kappa shape index (κ3) is 6.71. The first-order valence-electron chi connectivity index (χ1n) is 11.2. The molecule has 1 aromatic rings. The highest BCUT2D eigenvalue weighted by Crippen LogP contribution is 2.36. The lowest BCUT2D eigenvalue weighted by molar-refractivity contribution is -0.143. The van der Waals surface area contributed by atoms with Gasteiger partial charge in [0.05, 0.1) is 17.0 Å². The molecule has 0 aromatic heterocycles. The highest BCUT2D eigenvalue weighted by Gasteiger charge is 2.37. The van der Waals surface area contributed by atoms with Gasteiger partial charge in [-0.3, -0.25) is 9.59 Å². The van der Waals surface area contributed by atoms with Gasteiger partial charge in [-0.15, -0.1) is 0 Å². The van der Waals surface area contributed by atoms with E-state index in [1.54, 1.807) is 4.90 Å². The first kappa shape index (κ1) is 25.5. The van der Waals surface area contributed by atoms with Gasteiger partial charge in [-0.2, -0.15) is 26.3 Å². The average Bonchev–Trinajstić information content (AvgIpc) is 2.72. The van der Waals surface area contributed by atoms with Crippen molar-refractivity contribution < 1.29 is 35.9 Å². The quantitative estimate of drug-likeness (QED) is 0.607. The van der Waals surface area contributed by atoms with E-state index < -0.39 is 35.7 Å². The third-order valence-electron chi connectivity index (χ3n) is 6.63. The molecular formula is C23H28F6N2O2. The van der Waals surface area contributed by atoms with Crippen molar-refractivity contribution in [1.82, 2.24) is 4.90 Å². The summed E-state index contributed by atoms with van der Waals surface area (Å²) in [7, 11) is 0. The molecule has 1 saturated carbocycles. The number of carbonyl (C=O) groups excluding carboxylic acids is 2. The van der Waals surface area contributed by atoms with Crippen LogP contribution in [-0.4, -0.2) is 35.7 Å². The van der Waals surface area contributed by atoms with Crippen molar-refractivity contribution in [3.63, 3.8) is 0 Å². The third-order valence-corrected chi connectivity index (χ3v) is 6.63. The van der Waals surface area contributed by atoms with Crippen LogP contribution in [0.1, 0.15) is 61.6 Å². The zero-order valence-electron chi connectivity index (χ0n) is 18.1. The maximum absolute atomic E-state index is 13.0. The van der Waals surface area contributed by atoms with Gasteiger partial charge in [-0.25, -0.2) is 0 Å². The zero-order chi connectivity index (χ0) is 24.4. The van der Waals surface area contributed by atoms with Gasteiger partial charge in [0.1, 0.15) is 5.78 Å². The summed E-state index contributed by atoms with van der Waals surface area (Å²) in [6.07, 6.45) is -5.61. The molecule has 0 radical (unpaired) electrons. The lowest BCUT2D eigenvalue weighted by Crippen LogP contribution is -2.48. The molecule has 0 spiro atoms. The van der Waals surface area contributed by atoms with Gasteiger partial charge in [-0.05, 0) is 55.4 Å². The number of benzene rings is 1. The summed E-state index contributed by atoms with van der Waals surface area (Å²) in [5.41, 5.74) is 2.94. The number of amides is 1. The number of nitrogens with two attached hydrogens (primary N) is 1. The monoisotopic (exact) mass is 478 g/mol. The molecule has 2 aliphatic rings. The van der Waals surface area contributed by atoms with E-state index in [-0.39, 0.29) is 41.8 Å². The number of likely N-dealkylation sites (tertiary alicyclic amines) is 1. The van der Waals surface area contributed by atoms with Crippen molar-refractivity contribution in [2.45, 2.75) is 69.8 Å². The van der Waals surface area contributed by atoms with Gasteiger partial charge in [0, 0.05) is 32.0 Å². The standard InChI is InChI=1S/C23H28F6N2O2/c24-22(25,26)16-9-15(10-17(13-16)23(27,28)29)12-18(32)11-14-5-7-31(8-6-14)21(33)19-3-1-2-4-20(19)30/h9-10,13-14,19-20H,1-8,11-12,30H2/t19-,20-/m0/s1. The minimum atomic E-state index is -4.95. The second-order valence-corrected chi connectivity index (χ2v) is 9.16. The molecule has 1 aliphatic carbocycles. The largest absolute Gasteiger partial charge is 0.416 e. The summed E-state index contributed by atoms with van der Waals surface area (Å²) in [6, 6.07) is 1.11. The molecule has 1 aliphatic heterocycles. The maximum Gasteiger partial charge on any atom is 0.416 e. The van der Waals surface area contributed by atoms with Crippen molar-refractivity contribution in [3.05, 3.63) is 34.9 Å². The van der Waals surface area contributed by atoms with Gasteiger partial charge in [-0.1, -0.05) is 12.8 Å². The predicted molar refractivity (Wildman–Crippen MR) is 109 cm³/mol. The van der Waals surface area contributed by atoms with Crippen LogP contribution in [-0.2, 0) is 28.4 Å². The molecule has 2 N–H and O–H groups in total. The van der Waals surface area contributed by atoms with E-state index in [1.165, 1.54) is 0 Å². The van der Waals surface area contributed by atoms with Crippen LogP contribution in [0.25, 0.3) is 0 Å². The van der Waals surface area contributed by atoms with Gasteiger partial charge in [0.25, 0.3) is 0 Å². The highest BCUT2D eigenvalue weighted by atomic mass is 19.4. The Balaban J connectivity index is 1.57. The van der Waals surface area contributed by atoms with Crippen LogP contribution in [0.5, 0.6) is 0 Å². The van der Waals surface area contributed by atoms with Crippen molar-refractivity contribution >= 4 is 11.7 Å². The fraction of sp³-hybridized carbons (Fsp3) is 0.652. The smallest absolute Gasteiger partial charge is 0.342 e. The molecule has 4 nitrogen and oxygen atoms in total. The van der Waals surface area contributed by atoms with Crippen LogP contribution in [0.2, 0.25) is 0 Å². The minimum absolute atomic E-state index is 0.0376. The molecule has 33 heavy (non-hydrogen) atoms. The number of Topliss-reactive ketones (excluding diaryl/α,β-unsaturated/α-hetero) is 1. The fourth-order valence-electron chi connectivity index (χ4n) is 4.80. The summed E-state index contributed by atoms with van der Waals surface area (Å²) in [6.45, 7) is 0.948. The van der Waals surface area contributed by atoms with Gasteiger partial charge in [0.2, 0.25) is 5.91 Å². The molecule has 3 rings (SSSR count). The molecule has 1 saturated heterocycles. The second kappa shape index (κ2) is 10.0. The van der Waals surface area contributed by atoms with E-state index in [0.717, 1.165) is 25.7 Å². The van der Waals surface area contributed by atoms with E-state index >= 15 is 0 Å². The van der Waals surface area contributed by atoms with E-state index in [4.69, 9.17) is 5.73 Å². The number of ketones is 1. The Morgan fingerprint density at radius 1 is 0.879 bits per heavy atom. The summed E-state index contributed by atoms with van der Waals surface area (Å²) < 4.78 is 78.1. The highest BCUT2D eigenvalue weighted by molar-refractivity contribution is 5.81. The maximum atomic E-state index is 13.0. The molecule has 2 atom stereocenters. The van der Waals surface area contributed by atoms with Crippen LogP contribution >= 0.6 is 0 Å². The molecule has 1 heterocycles. The Kier molecular flexibility index (Phi) is 7.76. The molecular weight excluding hydrogens is 450 g/mol. The Labute approximate surface area is 188 Å². The molecule has 10 heteroatoms. The van der Waals surface area contributed by atoms with Crippen LogP contribution in [0.3, 0.4) is 0 Å². The SMILES string of the molecule is N[C@H]1CCCC[C@@H]1C(=O)N1CCC(CC(=O)Cc2cc(C(F)(F)F)cc(C(F)(F)F)c2)CC1. The van der Waals surface area contributed by atoms with Crippen molar-refractivity contribution in [3.8, 4) is 0 Å². The Hall–Kier alpha value is -2.10.